The summed E-state index contributed by atoms with van der Waals surface area (Å²) in [6.07, 6.45) is 1.71. The summed E-state index contributed by atoms with van der Waals surface area (Å²) >= 11 is 6.01. The molecule has 0 radical (unpaired) electrons. The highest BCUT2D eigenvalue weighted by Crippen LogP contribution is 2.30. The quantitative estimate of drug-likeness (QED) is 0.828. The highest BCUT2D eigenvalue weighted by Gasteiger charge is 2.27. The number of benzene rings is 1. The van der Waals surface area contributed by atoms with Crippen LogP contribution in [0.1, 0.15) is 0 Å². The van der Waals surface area contributed by atoms with Crippen LogP contribution in [0.15, 0.2) is 24.4 Å². The second kappa shape index (κ2) is 6.25. The van der Waals surface area contributed by atoms with Gasteiger partial charge in [0.05, 0.1) is 32.9 Å². The van der Waals surface area contributed by atoms with Crippen LogP contribution in [0.4, 0.5) is 4.79 Å². The molecule has 8 nitrogen and oxygen atoms in total. The SMILES string of the molecule is COc1ccc(Cl)cc1-c1cn(CCN2C(=O)CNC2=O)nn1. The zero-order valence-electron chi connectivity index (χ0n) is 12.3. The van der Waals surface area contributed by atoms with Gasteiger partial charge in [-0.3, -0.25) is 14.4 Å². The summed E-state index contributed by atoms with van der Waals surface area (Å²) < 4.78 is 6.86. The van der Waals surface area contributed by atoms with E-state index in [4.69, 9.17) is 16.3 Å². The Morgan fingerprint density at radius 2 is 2.17 bits per heavy atom. The van der Waals surface area contributed by atoms with E-state index in [9.17, 15) is 9.59 Å². The monoisotopic (exact) mass is 335 g/mol. The summed E-state index contributed by atoms with van der Waals surface area (Å²) in [7, 11) is 1.56. The zero-order chi connectivity index (χ0) is 16.4. The molecule has 1 aliphatic heterocycles. The molecule has 3 rings (SSSR count). The first-order valence-electron chi connectivity index (χ1n) is 6.90. The fourth-order valence-corrected chi connectivity index (χ4v) is 2.47. The number of hydrogen-bond donors (Lipinski definition) is 1. The lowest BCUT2D eigenvalue weighted by atomic mass is 10.1. The van der Waals surface area contributed by atoms with Gasteiger partial charge in [0.1, 0.15) is 11.4 Å². The van der Waals surface area contributed by atoms with Crippen LogP contribution in [0.2, 0.25) is 5.02 Å². The lowest BCUT2D eigenvalue weighted by molar-refractivity contribution is -0.125. The Balaban J connectivity index is 1.75. The number of imide groups is 1. The number of rotatable bonds is 5. The molecule has 1 saturated heterocycles. The first-order valence-corrected chi connectivity index (χ1v) is 7.28. The molecule has 0 atom stereocenters. The Morgan fingerprint density at radius 1 is 1.35 bits per heavy atom. The largest absolute Gasteiger partial charge is 0.496 e. The van der Waals surface area contributed by atoms with Gasteiger partial charge >= 0.3 is 6.03 Å². The van der Waals surface area contributed by atoms with Crippen molar-refractivity contribution in [3.8, 4) is 17.0 Å². The maximum absolute atomic E-state index is 11.5. The van der Waals surface area contributed by atoms with Crippen molar-refractivity contribution in [2.24, 2.45) is 0 Å². The number of amides is 3. The van der Waals surface area contributed by atoms with Crippen LogP contribution >= 0.6 is 11.6 Å². The molecule has 0 unspecified atom stereocenters. The van der Waals surface area contributed by atoms with Crippen molar-refractivity contribution < 1.29 is 14.3 Å². The van der Waals surface area contributed by atoms with Crippen LogP contribution < -0.4 is 10.1 Å². The van der Waals surface area contributed by atoms with Crippen molar-refractivity contribution in [1.29, 1.82) is 0 Å². The Bertz CT molecular complexity index is 745. The molecule has 23 heavy (non-hydrogen) atoms. The number of ether oxygens (including phenoxy) is 1. The van der Waals surface area contributed by atoms with E-state index in [-0.39, 0.29) is 25.0 Å². The normalized spacial score (nSPS) is 14.3. The van der Waals surface area contributed by atoms with Gasteiger partial charge in [-0.15, -0.1) is 5.10 Å². The van der Waals surface area contributed by atoms with E-state index >= 15 is 0 Å². The number of urea groups is 1. The average molecular weight is 336 g/mol. The predicted molar refractivity (Wildman–Crippen MR) is 82.1 cm³/mol. The fraction of sp³-hybridized carbons (Fsp3) is 0.286. The van der Waals surface area contributed by atoms with Crippen LogP contribution in [0.5, 0.6) is 5.75 Å². The second-order valence-corrected chi connectivity index (χ2v) is 5.35. The van der Waals surface area contributed by atoms with Crippen LogP contribution in [-0.4, -0.2) is 52.0 Å². The van der Waals surface area contributed by atoms with E-state index in [0.29, 0.717) is 23.0 Å². The molecule has 0 spiro atoms. The van der Waals surface area contributed by atoms with Gasteiger partial charge in [-0.2, -0.15) is 0 Å². The molecule has 120 valence electrons. The lowest BCUT2D eigenvalue weighted by Gasteiger charge is -2.11. The van der Waals surface area contributed by atoms with Crippen molar-refractivity contribution in [3.05, 3.63) is 29.4 Å². The first-order chi connectivity index (χ1) is 11.1. The molecule has 0 bridgehead atoms. The summed E-state index contributed by atoms with van der Waals surface area (Å²) in [6, 6.07) is 4.84. The van der Waals surface area contributed by atoms with E-state index in [2.05, 4.69) is 15.6 Å². The second-order valence-electron chi connectivity index (χ2n) is 4.92. The minimum atomic E-state index is -0.383. The van der Waals surface area contributed by atoms with E-state index in [1.54, 1.807) is 36.2 Å². The number of halogens is 1. The number of nitrogens with zero attached hydrogens (tertiary/aromatic N) is 4. The highest BCUT2D eigenvalue weighted by atomic mass is 35.5. The smallest absolute Gasteiger partial charge is 0.324 e. The molecule has 1 aliphatic rings. The minimum absolute atomic E-state index is 0.0428. The number of carbonyl (C=O) groups is 2. The van der Waals surface area contributed by atoms with Gasteiger partial charge in [0.15, 0.2) is 0 Å². The van der Waals surface area contributed by atoms with Gasteiger partial charge in [-0.05, 0) is 18.2 Å². The summed E-state index contributed by atoms with van der Waals surface area (Å²) in [5.74, 6) is 0.391. The van der Waals surface area contributed by atoms with Crippen molar-refractivity contribution in [1.82, 2.24) is 25.2 Å². The number of carbonyl (C=O) groups excluding carboxylic acids is 2. The molecule has 0 saturated carbocycles. The van der Waals surface area contributed by atoms with Gasteiger partial charge in [-0.1, -0.05) is 16.8 Å². The molecule has 1 fully saturated rings. The van der Waals surface area contributed by atoms with Gasteiger partial charge in [0.25, 0.3) is 0 Å². The summed E-state index contributed by atoms with van der Waals surface area (Å²) in [5.41, 5.74) is 1.32. The first kappa shape index (κ1) is 15.3. The molecule has 3 amide bonds. The van der Waals surface area contributed by atoms with Crippen molar-refractivity contribution in [2.45, 2.75) is 6.54 Å². The van der Waals surface area contributed by atoms with Crippen molar-refractivity contribution >= 4 is 23.5 Å². The van der Waals surface area contributed by atoms with Crippen molar-refractivity contribution in [2.75, 3.05) is 20.2 Å². The third-order valence-electron chi connectivity index (χ3n) is 3.47. The number of hydrogen-bond acceptors (Lipinski definition) is 5. The standard InChI is InChI=1S/C14H14ClN5O3/c1-23-12-3-2-9(15)6-10(12)11-8-19(18-17-11)4-5-20-13(21)7-16-14(20)22/h2-3,6,8H,4-5,7H2,1H3,(H,16,22). The Hall–Kier alpha value is -2.61. The molecule has 1 aromatic carbocycles. The van der Waals surface area contributed by atoms with Gasteiger partial charge in [0, 0.05) is 10.6 Å². The Morgan fingerprint density at radius 3 is 2.87 bits per heavy atom. The minimum Gasteiger partial charge on any atom is -0.496 e. The third-order valence-corrected chi connectivity index (χ3v) is 3.70. The predicted octanol–water partition coefficient (Wildman–Crippen LogP) is 1.16. The highest BCUT2D eigenvalue weighted by molar-refractivity contribution is 6.30. The Labute approximate surface area is 137 Å². The summed E-state index contributed by atoms with van der Waals surface area (Å²) in [5, 5.41) is 11.1. The lowest BCUT2D eigenvalue weighted by Crippen LogP contribution is -2.33. The van der Waals surface area contributed by atoms with Crippen LogP contribution in [0, 0.1) is 0 Å². The zero-order valence-corrected chi connectivity index (χ0v) is 13.1. The molecule has 0 aliphatic carbocycles. The van der Waals surface area contributed by atoms with E-state index in [1.807, 2.05) is 0 Å². The summed E-state index contributed by atoms with van der Waals surface area (Å²) in [6.45, 7) is 0.635. The fourth-order valence-electron chi connectivity index (χ4n) is 2.30. The Kier molecular flexibility index (Phi) is 4.16. The van der Waals surface area contributed by atoms with Crippen LogP contribution in [0.3, 0.4) is 0 Å². The number of aromatic nitrogens is 3. The third kappa shape index (κ3) is 3.11. The molecule has 1 aromatic heterocycles. The molecule has 2 aromatic rings. The van der Waals surface area contributed by atoms with Crippen molar-refractivity contribution in [3.63, 3.8) is 0 Å². The molecule has 1 N–H and O–H groups in total. The van der Waals surface area contributed by atoms with E-state index < -0.39 is 0 Å². The van der Waals surface area contributed by atoms with Crippen LogP contribution in [-0.2, 0) is 11.3 Å². The summed E-state index contributed by atoms with van der Waals surface area (Å²) in [4.78, 5) is 24.1. The number of methoxy groups -OCH3 is 1. The topological polar surface area (TPSA) is 89.4 Å². The van der Waals surface area contributed by atoms with E-state index in [0.717, 1.165) is 10.5 Å². The van der Waals surface area contributed by atoms with Gasteiger partial charge in [-0.25, -0.2) is 4.79 Å². The average Bonchev–Trinajstić information content (AvgIpc) is 3.13. The molecular weight excluding hydrogens is 322 g/mol. The molecule has 2 heterocycles. The molecule has 9 heteroatoms. The molecular formula is C14H14ClN5O3. The maximum atomic E-state index is 11.5. The van der Waals surface area contributed by atoms with E-state index in [1.165, 1.54) is 0 Å². The number of nitrogens with one attached hydrogen (secondary N) is 1. The van der Waals surface area contributed by atoms with Gasteiger partial charge < -0.3 is 10.1 Å². The van der Waals surface area contributed by atoms with Crippen LogP contribution in [0.25, 0.3) is 11.3 Å². The van der Waals surface area contributed by atoms with Gasteiger partial charge in [0.2, 0.25) is 5.91 Å². The maximum Gasteiger partial charge on any atom is 0.324 e.